The Morgan fingerprint density at radius 3 is 3.06 bits per heavy atom. The molecule has 1 N–H and O–H groups in total. The molecular weight excluding hydrogens is 220 g/mol. The average molecular weight is 236 g/mol. The number of thiazole rings is 1. The van der Waals surface area contributed by atoms with E-state index in [4.69, 9.17) is 0 Å². The fraction of sp³-hybridized carbons (Fsp3) is 0.455. The minimum Gasteiger partial charge on any atom is -0.334 e. The third-order valence-electron chi connectivity index (χ3n) is 2.42. The summed E-state index contributed by atoms with van der Waals surface area (Å²) < 4.78 is 2.15. The SMILES string of the molecule is CCn1ccnc1CNCCc1nccs1. The van der Waals surface area contributed by atoms with E-state index in [2.05, 4.69) is 26.8 Å². The van der Waals surface area contributed by atoms with Crippen LogP contribution in [0.4, 0.5) is 0 Å². The first-order valence-corrected chi connectivity index (χ1v) is 6.37. The van der Waals surface area contributed by atoms with Gasteiger partial charge in [0.1, 0.15) is 5.82 Å². The summed E-state index contributed by atoms with van der Waals surface area (Å²) in [6.45, 7) is 4.88. The summed E-state index contributed by atoms with van der Waals surface area (Å²) in [5.41, 5.74) is 0. The van der Waals surface area contributed by atoms with Crippen LogP contribution in [-0.2, 0) is 19.5 Å². The molecule has 0 unspecified atom stereocenters. The van der Waals surface area contributed by atoms with Crippen LogP contribution in [0, 0.1) is 0 Å². The zero-order valence-corrected chi connectivity index (χ0v) is 10.2. The molecule has 0 amide bonds. The minimum absolute atomic E-state index is 0.826. The largest absolute Gasteiger partial charge is 0.334 e. The highest BCUT2D eigenvalue weighted by Crippen LogP contribution is 2.03. The Bertz CT molecular complexity index is 407. The number of aromatic nitrogens is 3. The summed E-state index contributed by atoms with van der Waals surface area (Å²) in [5, 5.41) is 6.58. The van der Waals surface area contributed by atoms with Gasteiger partial charge in [0.05, 0.1) is 11.6 Å². The van der Waals surface area contributed by atoms with Crippen molar-refractivity contribution in [3.63, 3.8) is 0 Å². The monoisotopic (exact) mass is 236 g/mol. The fourth-order valence-electron chi connectivity index (χ4n) is 1.57. The van der Waals surface area contributed by atoms with Gasteiger partial charge in [0.15, 0.2) is 0 Å². The van der Waals surface area contributed by atoms with Crippen LogP contribution in [0.1, 0.15) is 17.8 Å². The highest BCUT2D eigenvalue weighted by molar-refractivity contribution is 7.09. The number of hydrogen-bond acceptors (Lipinski definition) is 4. The van der Waals surface area contributed by atoms with E-state index < -0.39 is 0 Å². The maximum Gasteiger partial charge on any atom is 0.122 e. The summed E-state index contributed by atoms with van der Waals surface area (Å²) in [6, 6.07) is 0. The number of rotatable bonds is 6. The standard InChI is InChI=1S/C11H16N4S/c1-2-15-7-5-13-10(15)9-12-4-3-11-14-6-8-16-11/h5-8,12H,2-4,9H2,1H3. The molecule has 0 aliphatic heterocycles. The lowest BCUT2D eigenvalue weighted by Gasteiger charge is -2.05. The van der Waals surface area contributed by atoms with Crippen molar-refractivity contribution >= 4 is 11.3 Å². The van der Waals surface area contributed by atoms with E-state index in [-0.39, 0.29) is 0 Å². The van der Waals surface area contributed by atoms with Gasteiger partial charge in [-0.15, -0.1) is 11.3 Å². The van der Waals surface area contributed by atoms with Gasteiger partial charge >= 0.3 is 0 Å². The van der Waals surface area contributed by atoms with Gasteiger partial charge in [0, 0.05) is 43.5 Å². The Hall–Kier alpha value is -1.20. The molecule has 16 heavy (non-hydrogen) atoms. The molecule has 0 aromatic carbocycles. The van der Waals surface area contributed by atoms with Crippen LogP contribution in [0.5, 0.6) is 0 Å². The lowest BCUT2D eigenvalue weighted by Crippen LogP contribution is -2.19. The maximum atomic E-state index is 4.31. The zero-order chi connectivity index (χ0) is 11.2. The molecule has 5 heteroatoms. The molecular formula is C11H16N4S. The lowest BCUT2D eigenvalue weighted by atomic mass is 10.4. The first-order chi connectivity index (χ1) is 7.90. The Labute approximate surface area is 99.4 Å². The van der Waals surface area contributed by atoms with Crippen molar-refractivity contribution in [3.8, 4) is 0 Å². The van der Waals surface area contributed by atoms with Crippen molar-refractivity contribution in [1.29, 1.82) is 0 Å². The van der Waals surface area contributed by atoms with Crippen LogP contribution in [-0.4, -0.2) is 21.1 Å². The van der Waals surface area contributed by atoms with Gasteiger partial charge in [0.2, 0.25) is 0 Å². The highest BCUT2D eigenvalue weighted by Gasteiger charge is 2.00. The van der Waals surface area contributed by atoms with Crippen molar-refractivity contribution < 1.29 is 0 Å². The lowest BCUT2D eigenvalue weighted by molar-refractivity contribution is 0.612. The maximum absolute atomic E-state index is 4.31. The van der Waals surface area contributed by atoms with Crippen molar-refractivity contribution in [3.05, 3.63) is 34.8 Å². The third kappa shape index (κ3) is 2.90. The summed E-state index contributed by atoms with van der Waals surface area (Å²) in [7, 11) is 0. The molecule has 86 valence electrons. The predicted molar refractivity (Wildman–Crippen MR) is 65.4 cm³/mol. The molecule has 2 aromatic rings. The van der Waals surface area contributed by atoms with Crippen LogP contribution in [0.15, 0.2) is 24.0 Å². The second kappa shape index (κ2) is 5.77. The van der Waals surface area contributed by atoms with Crippen molar-refractivity contribution in [2.75, 3.05) is 6.54 Å². The molecule has 0 saturated carbocycles. The Morgan fingerprint density at radius 1 is 1.38 bits per heavy atom. The average Bonchev–Trinajstić information content (AvgIpc) is 2.95. The zero-order valence-electron chi connectivity index (χ0n) is 9.39. The topological polar surface area (TPSA) is 42.7 Å². The number of imidazole rings is 1. The normalized spacial score (nSPS) is 10.8. The van der Waals surface area contributed by atoms with Gasteiger partial charge in [-0.1, -0.05) is 0 Å². The molecule has 2 heterocycles. The Balaban J connectivity index is 1.72. The molecule has 4 nitrogen and oxygen atoms in total. The van der Waals surface area contributed by atoms with E-state index in [9.17, 15) is 0 Å². The summed E-state index contributed by atoms with van der Waals surface area (Å²) >= 11 is 1.71. The molecule has 0 saturated heterocycles. The Kier molecular flexibility index (Phi) is 4.07. The van der Waals surface area contributed by atoms with E-state index in [1.165, 1.54) is 5.01 Å². The van der Waals surface area contributed by atoms with Gasteiger partial charge in [-0.2, -0.15) is 0 Å². The fourth-order valence-corrected chi connectivity index (χ4v) is 2.19. The molecule has 0 aliphatic rings. The molecule has 0 fully saturated rings. The predicted octanol–water partition coefficient (Wildman–Crippen LogP) is 1.69. The molecule has 0 aliphatic carbocycles. The number of aryl methyl sites for hydroxylation is 1. The van der Waals surface area contributed by atoms with Crippen LogP contribution in [0.3, 0.4) is 0 Å². The highest BCUT2D eigenvalue weighted by atomic mass is 32.1. The van der Waals surface area contributed by atoms with E-state index in [0.717, 1.165) is 31.9 Å². The van der Waals surface area contributed by atoms with Gasteiger partial charge in [-0.05, 0) is 6.92 Å². The molecule has 2 aromatic heterocycles. The van der Waals surface area contributed by atoms with Crippen LogP contribution < -0.4 is 5.32 Å². The van der Waals surface area contributed by atoms with Crippen molar-refractivity contribution in [1.82, 2.24) is 19.9 Å². The number of nitrogens with zero attached hydrogens (tertiary/aromatic N) is 3. The summed E-state index contributed by atoms with van der Waals surface area (Å²) in [6.07, 6.45) is 6.70. The van der Waals surface area contributed by atoms with Gasteiger partial charge in [-0.25, -0.2) is 9.97 Å². The molecule has 0 radical (unpaired) electrons. The van der Waals surface area contributed by atoms with Crippen molar-refractivity contribution in [2.45, 2.75) is 26.4 Å². The number of hydrogen-bond donors (Lipinski definition) is 1. The quantitative estimate of drug-likeness (QED) is 0.776. The Morgan fingerprint density at radius 2 is 2.31 bits per heavy atom. The molecule has 0 atom stereocenters. The summed E-state index contributed by atoms with van der Waals surface area (Å²) in [4.78, 5) is 8.55. The van der Waals surface area contributed by atoms with Gasteiger partial charge < -0.3 is 9.88 Å². The molecule has 0 bridgehead atoms. The van der Waals surface area contributed by atoms with Crippen LogP contribution >= 0.6 is 11.3 Å². The number of nitrogens with one attached hydrogen (secondary N) is 1. The van der Waals surface area contributed by atoms with Crippen LogP contribution in [0.25, 0.3) is 0 Å². The minimum atomic E-state index is 0.826. The first-order valence-electron chi connectivity index (χ1n) is 5.49. The third-order valence-corrected chi connectivity index (χ3v) is 3.26. The van der Waals surface area contributed by atoms with Crippen molar-refractivity contribution in [2.24, 2.45) is 0 Å². The van der Waals surface area contributed by atoms with Gasteiger partial charge in [-0.3, -0.25) is 0 Å². The van der Waals surface area contributed by atoms with E-state index in [1.807, 2.05) is 24.0 Å². The second-order valence-corrected chi connectivity index (χ2v) is 4.46. The first kappa shape index (κ1) is 11.3. The van der Waals surface area contributed by atoms with Crippen LogP contribution in [0.2, 0.25) is 0 Å². The van der Waals surface area contributed by atoms with E-state index in [0.29, 0.717) is 0 Å². The van der Waals surface area contributed by atoms with E-state index in [1.54, 1.807) is 11.3 Å². The smallest absolute Gasteiger partial charge is 0.122 e. The molecule has 0 spiro atoms. The van der Waals surface area contributed by atoms with Gasteiger partial charge in [0.25, 0.3) is 0 Å². The van der Waals surface area contributed by atoms with E-state index >= 15 is 0 Å². The second-order valence-electron chi connectivity index (χ2n) is 3.48. The summed E-state index contributed by atoms with van der Waals surface area (Å²) in [5.74, 6) is 1.10. The molecule has 2 rings (SSSR count).